The predicted molar refractivity (Wildman–Crippen MR) is 121 cm³/mol. The van der Waals surface area contributed by atoms with Crippen molar-refractivity contribution in [3.8, 4) is 0 Å². The van der Waals surface area contributed by atoms with Crippen molar-refractivity contribution in [3.05, 3.63) is 0 Å². The highest BCUT2D eigenvalue weighted by Crippen LogP contribution is 2.50. The van der Waals surface area contributed by atoms with Gasteiger partial charge in [-0.05, 0) is 81.0 Å². The summed E-state index contributed by atoms with van der Waals surface area (Å²) in [6.45, 7) is 25.8. The average Bonchev–Trinajstić information content (AvgIpc) is 3.10. The zero-order valence-corrected chi connectivity index (χ0v) is 20.5. The van der Waals surface area contributed by atoms with E-state index in [0.717, 1.165) is 29.7 Å². The maximum atomic E-state index is 2.83. The molecule has 0 aromatic rings. The molecule has 160 valence electrons. The monoisotopic (exact) mass is 377 g/mol. The van der Waals surface area contributed by atoms with Gasteiger partial charge in [-0.2, -0.15) is 0 Å². The predicted octanol–water partition coefficient (Wildman–Crippen LogP) is 7.79. The van der Waals surface area contributed by atoms with E-state index >= 15 is 0 Å². The van der Waals surface area contributed by atoms with Crippen molar-refractivity contribution < 1.29 is 0 Å². The maximum absolute atomic E-state index is 2.83. The van der Waals surface area contributed by atoms with Crippen molar-refractivity contribution in [2.24, 2.45) is 34.5 Å². The van der Waals surface area contributed by atoms with Crippen molar-refractivity contribution in [3.63, 3.8) is 0 Å². The molecule has 4 unspecified atom stereocenters. The van der Waals surface area contributed by atoms with E-state index in [9.17, 15) is 0 Å². The van der Waals surface area contributed by atoms with Crippen LogP contribution < -0.4 is 0 Å². The molecule has 1 saturated heterocycles. The largest absolute Gasteiger partial charge is 0.295 e. The molecule has 1 nitrogen and oxygen atoms in total. The van der Waals surface area contributed by atoms with Gasteiger partial charge in [0.1, 0.15) is 0 Å². The highest BCUT2D eigenvalue weighted by atomic mass is 15.2. The third-order valence-corrected chi connectivity index (χ3v) is 7.86. The van der Waals surface area contributed by atoms with Crippen molar-refractivity contribution in [1.82, 2.24) is 4.90 Å². The van der Waals surface area contributed by atoms with Gasteiger partial charge in [-0.3, -0.25) is 4.90 Å². The Kier molecular flexibility index (Phi) is 7.20. The number of hydrogen-bond donors (Lipinski definition) is 0. The van der Waals surface area contributed by atoms with Crippen LogP contribution in [-0.2, 0) is 0 Å². The van der Waals surface area contributed by atoms with E-state index in [1.54, 1.807) is 0 Å². The molecule has 0 aromatic heterocycles. The number of hydrogen-bond acceptors (Lipinski definition) is 1. The first-order valence-corrected chi connectivity index (χ1v) is 12.0. The highest BCUT2D eigenvalue weighted by Gasteiger charge is 2.46. The summed E-state index contributed by atoms with van der Waals surface area (Å²) in [6, 6.07) is 0.723. The number of nitrogens with zero attached hydrogens (tertiary/aromatic N) is 1. The van der Waals surface area contributed by atoms with Crippen molar-refractivity contribution in [2.45, 2.75) is 126 Å². The van der Waals surface area contributed by atoms with Crippen LogP contribution in [0.1, 0.15) is 114 Å². The molecular formula is C26H51N. The second-order valence-corrected chi connectivity index (χ2v) is 13.3. The molecule has 4 atom stereocenters. The molecule has 0 aromatic carbocycles. The normalized spacial score (nSPS) is 31.2. The molecule has 1 heterocycles. The first-order valence-electron chi connectivity index (χ1n) is 12.0. The summed E-state index contributed by atoms with van der Waals surface area (Å²) in [5, 5.41) is 0. The Labute approximate surface area is 172 Å². The molecule has 0 amide bonds. The lowest BCUT2D eigenvalue weighted by molar-refractivity contribution is 0.0566. The van der Waals surface area contributed by atoms with E-state index < -0.39 is 0 Å². The summed E-state index contributed by atoms with van der Waals surface area (Å²) >= 11 is 0. The standard InChI is InChI=1S/C26H51N/c1-19(2)11-12-20-13-14-22(15-20)26(9,10)17-21-16-23(24(3,4)5)27(18-21)25(6,7)8/h19-23H,11-18H2,1-10H3. The molecule has 1 heteroatoms. The quantitative estimate of drug-likeness (QED) is 0.456. The summed E-state index contributed by atoms with van der Waals surface area (Å²) in [7, 11) is 0. The van der Waals surface area contributed by atoms with Crippen LogP contribution >= 0.6 is 0 Å². The molecule has 0 spiro atoms. The summed E-state index contributed by atoms with van der Waals surface area (Å²) < 4.78 is 0. The van der Waals surface area contributed by atoms with Gasteiger partial charge < -0.3 is 0 Å². The van der Waals surface area contributed by atoms with Gasteiger partial charge in [0.15, 0.2) is 0 Å². The molecule has 0 radical (unpaired) electrons. The summed E-state index contributed by atoms with van der Waals surface area (Å²) in [5.41, 5.74) is 1.17. The first-order chi connectivity index (χ1) is 12.2. The lowest BCUT2D eigenvalue weighted by Crippen LogP contribution is -2.49. The molecule has 2 fully saturated rings. The summed E-state index contributed by atoms with van der Waals surface area (Å²) in [6.07, 6.45) is 10.2. The Hall–Kier alpha value is -0.0400. The molecule has 0 N–H and O–H groups in total. The van der Waals surface area contributed by atoms with Gasteiger partial charge in [0.25, 0.3) is 0 Å². The SMILES string of the molecule is CC(C)CCC1CCC(C(C)(C)CC2CC(C(C)(C)C)N(C(C)(C)C)C2)C1. The minimum Gasteiger partial charge on any atom is -0.295 e. The van der Waals surface area contributed by atoms with Crippen LogP contribution in [0.4, 0.5) is 0 Å². The van der Waals surface area contributed by atoms with Gasteiger partial charge in [-0.25, -0.2) is 0 Å². The van der Waals surface area contributed by atoms with Crippen LogP contribution in [0, 0.1) is 34.5 Å². The Morgan fingerprint density at radius 2 is 1.48 bits per heavy atom. The van der Waals surface area contributed by atoms with Crippen LogP contribution in [0.25, 0.3) is 0 Å². The molecule has 1 saturated carbocycles. The fraction of sp³-hybridized carbons (Fsp3) is 1.00. The topological polar surface area (TPSA) is 3.24 Å². The van der Waals surface area contributed by atoms with Crippen LogP contribution in [0.15, 0.2) is 0 Å². The number of rotatable bonds is 6. The van der Waals surface area contributed by atoms with Crippen LogP contribution in [-0.4, -0.2) is 23.0 Å². The summed E-state index contributed by atoms with van der Waals surface area (Å²) in [5.74, 6) is 3.70. The lowest BCUT2D eigenvalue weighted by Gasteiger charge is -2.43. The zero-order valence-electron chi connectivity index (χ0n) is 20.5. The van der Waals surface area contributed by atoms with E-state index in [-0.39, 0.29) is 5.54 Å². The fourth-order valence-electron chi connectivity index (χ4n) is 6.16. The Morgan fingerprint density at radius 3 is 1.96 bits per heavy atom. The van der Waals surface area contributed by atoms with E-state index in [1.807, 2.05) is 0 Å². The lowest BCUT2D eigenvalue weighted by atomic mass is 9.70. The summed E-state index contributed by atoms with van der Waals surface area (Å²) in [4.78, 5) is 2.83. The molecule has 1 aliphatic carbocycles. The van der Waals surface area contributed by atoms with E-state index in [0.29, 0.717) is 10.8 Å². The Morgan fingerprint density at radius 1 is 0.852 bits per heavy atom. The highest BCUT2D eigenvalue weighted by molar-refractivity contribution is 4.99. The average molecular weight is 378 g/mol. The van der Waals surface area contributed by atoms with Gasteiger partial charge in [-0.1, -0.05) is 67.7 Å². The van der Waals surface area contributed by atoms with Crippen molar-refractivity contribution in [1.29, 1.82) is 0 Å². The smallest absolute Gasteiger partial charge is 0.0152 e. The van der Waals surface area contributed by atoms with E-state index in [4.69, 9.17) is 0 Å². The van der Waals surface area contributed by atoms with Gasteiger partial charge in [0.2, 0.25) is 0 Å². The fourth-order valence-corrected chi connectivity index (χ4v) is 6.16. The van der Waals surface area contributed by atoms with E-state index in [1.165, 1.54) is 51.5 Å². The van der Waals surface area contributed by atoms with Gasteiger partial charge in [0, 0.05) is 18.1 Å². The van der Waals surface area contributed by atoms with Crippen LogP contribution in [0.3, 0.4) is 0 Å². The third-order valence-electron chi connectivity index (χ3n) is 7.86. The second-order valence-electron chi connectivity index (χ2n) is 13.3. The minimum atomic E-state index is 0.284. The molecule has 2 aliphatic rings. The van der Waals surface area contributed by atoms with Gasteiger partial charge in [0.05, 0.1) is 0 Å². The zero-order chi connectivity index (χ0) is 20.6. The van der Waals surface area contributed by atoms with E-state index in [2.05, 4.69) is 74.1 Å². The minimum absolute atomic E-state index is 0.284. The van der Waals surface area contributed by atoms with Gasteiger partial charge in [-0.15, -0.1) is 0 Å². The first kappa shape index (κ1) is 23.2. The molecule has 1 aliphatic heterocycles. The molecular weight excluding hydrogens is 326 g/mol. The third kappa shape index (κ3) is 6.22. The Bertz CT molecular complexity index is 440. The van der Waals surface area contributed by atoms with Crippen LogP contribution in [0.5, 0.6) is 0 Å². The second kappa shape index (κ2) is 8.37. The molecule has 27 heavy (non-hydrogen) atoms. The Balaban J connectivity index is 1.97. The molecule has 0 bridgehead atoms. The van der Waals surface area contributed by atoms with Crippen molar-refractivity contribution in [2.75, 3.05) is 6.54 Å². The van der Waals surface area contributed by atoms with Crippen LogP contribution in [0.2, 0.25) is 0 Å². The van der Waals surface area contributed by atoms with Gasteiger partial charge >= 0.3 is 0 Å². The number of likely N-dealkylation sites (tertiary alicyclic amines) is 1. The maximum Gasteiger partial charge on any atom is 0.0152 e. The molecule has 2 rings (SSSR count). The van der Waals surface area contributed by atoms with Crippen molar-refractivity contribution >= 4 is 0 Å².